The Morgan fingerprint density at radius 2 is 2.12 bits per heavy atom. The van der Waals surface area contributed by atoms with Crippen LogP contribution in [0.25, 0.3) is 5.69 Å². The molecule has 24 heavy (non-hydrogen) atoms. The summed E-state index contributed by atoms with van der Waals surface area (Å²) in [5.74, 6) is 0.129. The van der Waals surface area contributed by atoms with Crippen molar-refractivity contribution in [2.24, 2.45) is 11.3 Å². The normalized spacial score (nSPS) is 12.9. The minimum absolute atomic E-state index is 0.129. The summed E-state index contributed by atoms with van der Waals surface area (Å²) in [6.45, 7) is 8.16. The van der Waals surface area contributed by atoms with E-state index < -0.39 is 11.5 Å². The van der Waals surface area contributed by atoms with Crippen molar-refractivity contribution in [3.8, 4) is 5.69 Å². The molecule has 0 radical (unpaired) electrons. The van der Waals surface area contributed by atoms with Gasteiger partial charge in [-0.25, -0.2) is 9.48 Å². The number of aromatic nitrogens is 3. The van der Waals surface area contributed by atoms with Crippen LogP contribution in [0.5, 0.6) is 0 Å². The largest absolute Gasteiger partial charge is 0.392 e. The maximum absolute atomic E-state index is 12.1. The lowest BCUT2D eigenvalue weighted by Crippen LogP contribution is -2.44. The van der Waals surface area contributed by atoms with E-state index in [-0.39, 0.29) is 11.9 Å². The molecule has 2 aromatic rings. The molecule has 1 aromatic heterocycles. The van der Waals surface area contributed by atoms with Crippen molar-refractivity contribution in [3.63, 3.8) is 0 Å². The molecule has 0 aliphatic rings. The molecule has 2 amide bonds. The lowest BCUT2D eigenvalue weighted by Gasteiger charge is -2.33. The van der Waals surface area contributed by atoms with Crippen molar-refractivity contribution in [2.45, 2.75) is 33.8 Å². The van der Waals surface area contributed by atoms with Gasteiger partial charge in [0.1, 0.15) is 0 Å². The average Bonchev–Trinajstić information content (AvgIpc) is 3.07. The summed E-state index contributed by atoms with van der Waals surface area (Å²) in [6.07, 6.45) is 2.83. The highest BCUT2D eigenvalue weighted by atomic mass is 16.3. The smallest absolute Gasteiger partial charge is 0.319 e. The number of carbonyl (C=O) groups is 1. The number of aliphatic hydroxyl groups excluding tert-OH is 1. The Balaban J connectivity index is 1.94. The van der Waals surface area contributed by atoms with E-state index >= 15 is 0 Å². The first-order valence-corrected chi connectivity index (χ1v) is 7.99. The van der Waals surface area contributed by atoms with Gasteiger partial charge in [-0.3, -0.25) is 0 Å². The van der Waals surface area contributed by atoms with E-state index in [9.17, 15) is 9.90 Å². The minimum Gasteiger partial charge on any atom is -0.392 e. The van der Waals surface area contributed by atoms with E-state index in [4.69, 9.17) is 0 Å². The monoisotopic (exact) mass is 331 g/mol. The van der Waals surface area contributed by atoms with Crippen LogP contribution in [-0.2, 0) is 0 Å². The van der Waals surface area contributed by atoms with Gasteiger partial charge in [0.15, 0.2) is 0 Å². The van der Waals surface area contributed by atoms with Gasteiger partial charge in [0.25, 0.3) is 0 Å². The molecule has 2 rings (SSSR count). The number of hydrogen-bond donors (Lipinski definition) is 3. The van der Waals surface area contributed by atoms with Crippen LogP contribution in [0.2, 0.25) is 0 Å². The van der Waals surface area contributed by atoms with Crippen molar-refractivity contribution >= 4 is 11.7 Å². The number of amides is 2. The highest BCUT2D eigenvalue weighted by molar-refractivity contribution is 5.89. The van der Waals surface area contributed by atoms with Crippen LogP contribution in [0, 0.1) is 11.3 Å². The summed E-state index contributed by atoms with van der Waals surface area (Å²) >= 11 is 0. The Bertz CT molecular complexity index is 667. The summed E-state index contributed by atoms with van der Waals surface area (Å²) in [5, 5.41) is 23.5. The highest BCUT2D eigenvalue weighted by Gasteiger charge is 2.30. The molecular weight excluding hydrogens is 306 g/mol. The Morgan fingerprint density at radius 1 is 1.38 bits per heavy atom. The van der Waals surface area contributed by atoms with Crippen LogP contribution < -0.4 is 10.6 Å². The number of carbonyl (C=O) groups excluding carboxylic acids is 1. The molecule has 7 nitrogen and oxygen atoms in total. The van der Waals surface area contributed by atoms with Gasteiger partial charge in [0.05, 0.1) is 24.2 Å². The van der Waals surface area contributed by atoms with Crippen molar-refractivity contribution in [2.75, 3.05) is 11.9 Å². The number of nitrogens with one attached hydrogen (secondary N) is 2. The molecule has 0 saturated heterocycles. The van der Waals surface area contributed by atoms with Crippen molar-refractivity contribution in [1.29, 1.82) is 0 Å². The molecule has 0 unspecified atom stereocenters. The quantitative estimate of drug-likeness (QED) is 0.758. The van der Waals surface area contributed by atoms with Crippen molar-refractivity contribution in [3.05, 3.63) is 36.7 Å². The van der Waals surface area contributed by atoms with Gasteiger partial charge in [0.2, 0.25) is 0 Å². The maximum atomic E-state index is 12.1. The van der Waals surface area contributed by atoms with Crippen LogP contribution in [0.4, 0.5) is 10.5 Å². The number of benzene rings is 1. The molecule has 0 fully saturated rings. The third kappa shape index (κ3) is 4.55. The van der Waals surface area contributed by atoms with Gasteiger partial charge in [-0.05, 0) is 24.1 Å². The summed E-state index contributed by atoms with van der Waals surface area (Å²) in [4.78, 5) is 12.1. The molecule has 0 bridgehead atoms. The van der Waals surface area contributed by atoms with E-state index in [0.29, 0.717) is 12.2 Å². The number of anilines is 1. The van der Waals surface area contributed by atoms with Gasteiger partial charge in [-0.15, -0.1) is 5.10 Å². The first-order valence-electron chi connectivity index (χ1n) is 7.99. The zero-order valence-corrected chi connectivity index (χ0v) is 14.5. The Labute approximate surface area is 142 Å². The van der Waals surface area contributed by atoms with Gasteiger partial charge in [0, 0.05) is 17.6 Å². The fourth-order valence-corrected chi connectivity index (χ4v) is 2.56. The first kappa shape index (κ1) is 17.9. The Kier molecular flexibility index (Phi) is 5.56. The molecule has 1 aromatic carbocycles. The standard InChI is InChI=1S/C17H25N5O2/c1-12(2)15(23)17(3,4)11-18-16(24)20-13-6-5-7-14(10-13)22-9-8-19-21-22/h5-10,12,15,23H,11H2,1-4H3,(H2,18,20,24)/t15-/m1/s1. The summed E-state index contributed by atoms with van der Waals surface area (Å²) < 4.78 is 1.62. The molecule has 3 N–H and O–H groups in total. The van der Waals surface area contributed by atoms with Crippen LogP contribution in [0.3, 0.4) is 0 Å². The second-order valence-corrected chi connectivity index (χ2v) is 6.88. The lowest BCUT2D eigenvalue weighted by atomic mass is 9.81. The zero-order valence-electron chi connectivity index (χ0n) is 14.5. The predicted octanol–water partition coefficient (Wildman–Crippen LogP) is 2.43. The molecule has 0 aliphatic carbocycles. The second-order valence-electron chi connectivity index (χ2n) is 6.88. The second kappa shape index (κ2) is 7.44. The van der Waals surface area contributed by atoms with Gasteiger partial charge >= 0.3 is 6.03 Å². The summed E-state index contributed by atoms with van der Waals surface area (Å²) in [5.41, 5.74) is 1.05. The van der Waals surface area contributed by atoms with E-state index in [2.05, 4.69) is 20.9 Å². The molecule has 0 spiro atoms. The Hall–Kier alpha value is -2.41. The molecule has 0 saturated carbocycles. The summed E-state index contributed by atoms with van der Waals surface area (Å²) in [6, 6.07) is 7.00. The zero-order chi connectivity index (χ0) is 17.7. The third-order valence-electron chi connectivity index (χ3n) is 3.93. The number of hydrogen-bond acceptors (Lipinski definition) is 4. The lowest BCUT2D eigenvalue weighted by molar-refractivity contribution is 0.0154. The van der Waals surface area contributed by atoms with Crippen molar-refractivity contribution in [1.82, 2.24) is 20.3 Å². The van der Waals surface area contributed by atoms with Crippen molar-refractivity contribution < 1.29 is 9.90 Å². The molecule has 7 heteroatoms. The predicted molar refractivity (Wildman–Crippen MR) is 93.0 cm³/mol. The molecule has 1 heterocycles. The van der Waals surface area contributed by atoms with Gasteiger partial charge in [-0.2, -0.15) is 0 Å². The van der Waals surface area contributed by atoms with Crippen LogP contribution in [-0.4, -0.2) is 38.8 Å². The molecule has 130 valence electrons. The van der Waals surface area contributed by atoms with Crippen LogP contribution in [0.15, 0.2) is 36.7 Å². The van der Waals surface area contributed by atoms with Gasteiger partial charge < -0.3 is 15.7 Å². The van der Waals surface area contributed by atoms with E-state index in [0.717, 1.165) is 5.69 Å². The van der Waals surface area contributed by atoms with Crippen LogP contribution in [0.1, 0.15) is 27.7 Å². The number of aliphatic hydroxyl groups is 1. The fraction of sp³-hybridized carbons (Fsp3) is 0.471. The fourth-order valence-electron chi connectivity index (χ4n) is 2.56. The maximum Gasteiger partial charge on any atom is 0.319 e. The molecule has 1 atom stereocenters. The average molecular weight is 331 g/mol. The number of urea groups is 1. The van der Waals surface area contributed by atoms with E-state index in [1.807, 2.05) is 45.9 Å². The van der Waals surface area contributed by atoms with Crippen LogP contribution >= 0.6 is 0 Å². The van der Waals surface area contributed by atoms with Gasteiger partial charge in [-0.1, -0.05) is 39.0 Å². The first-order chi connectivity index (χ1) is 11.3. The topological polar surface area (TPSA) is 92.1 Å². The Morgan fingerprint density at radius 3 is 2.75 bits per heavy atom. The minimum atomic E-state index is -0.492. The van der Waals surface area contributed by atoms with E-state index in [1.165, 1.54) is 0 Å². The summed E-state index contributed by atoms with van der Waals surface area (Å²) in [7, 11) is 0. The SMILES string of the molecule is CC(C)[C@@H](O)C(C)(C)CNC(=O)Nc1cccc(-n2ccnn2)c1. The molecular formula is C17H25N5O2. The van der Waals surface area contributed by atoms with E-state index in [1.54, 1.807) is 23.1 Å². The molecule has 0 aliphatic heterocycles. The highest BCUT2D eigenvalue weighted by Crippen LogP contribution is 2.25. The third-order valence-corrected chi connectivity index (χ3v) is 3.93. The number of nitrogens with zero attached hydrogens (tertiary/aromatic N) is 3. The number of rotatable bonds is 6.